The number of nitrogens with two attached hydrogens (primary N) is 1. The Hall–Kier alpha value is -4.91. The number of carbonyl (C=O) groups excluding carboxylic acids is 3. The van der Waals surface area contributed by atoms with Crippen molar-refractivity contribution in [1.29, 1.82) is 0 Å². The van der Waals surface area contributed by atoms with Crippen molar-refractivity contribution in [3.8, 4) is 11.5 Å². The quantitative estimate of drug-likeness (QED) is 0.155. The fourth-order valence-corrected chi connectivity index (χ4v) is 7.01. The summed E-state index contributed by atoms with van der Waals surface area (Å²) in [5, 5.41) is 9.59. The van der Waals surface area contributed by atoms with Crippen molar-refractivity contribution in [2.24, 2.45) is 5.73 Å². The van der Waals surface area contributed by atoms with Crippen LogP contribution < -0.4 is 36.1 Å². The Morgan fingerprint density at radius 1 is 1.04 bits per heavy atom. The van der Waals surface area contributed by atoms with Crippen molar-refractivity contribution < 1.29 is 28.6 Å². The predicted molar refractivity (Wildman–Crippen MR) is 195 cm³/mol. The molecule has 0 spiro atoms. The van der Waals surface area contributed by atoms with E-state index in [1.54, 1.807) is 37.3 Å². The number of methoxy groups -OCH3 is 1. The van der Waals surface area contributed by atoms with E-state index in [0.29, 0.717) is 60.5 Å². The molecular weight excluding hydrogens is 650 g/mol. The second kappa shape index (κ2) is 16.4. The van der Waals surface area contributed by atoms with Crippen LogP contribution in [0.5, 0.6) is 11.5 Å². The Balaban J connectivity index is 1.05. The monoisotopic (exact) mass is 699 g/mol. The molecule has 2 aliphatic carbocycles. The summed E-state index contributed by atoms with van der Waals surface area (Å²) in [5.41, 5.74) is 9.56. The number of benzene rings is 2. The molecular formula is C38H49N7O6. The fourth-order valence-electron chi connectivity index (χ4n) is 7.01. The topological polar surface area (TPSA) is 170 Å². The van der Waals surface area contributed by atoms with Gasteiger partial charge in [0.2, 0.25) is 11.9 Å². The number of hydrogen-bond acceptors (Lipinski definition) is 11. The minimum absolute atomic E-state index is 0.00385. The van der Waals surface area contributed by atoms with E-state index in [-0.39, 0.29) is 35.8 Å². The minimum Gasteiger partial charge on any atom is -0.495 e. The summed E-state index contributed by atoms with van der Waals surface area (Å²) in [6.45, 7) is 2.58. The zero-order valence-electron chi connectivity index (χ0n) is 29.7. The highest BCUT2D eigenvalue weighted by atomic mass is 16.5. The molecule has 3 aromatic rings. The van der Waals surface area contributed by atoms with Crippen molar-refractivity contribution in [2.45, 2.75) is 102 Å². The van der Waals surface area contributed by atoms with Gasteiger partial charge in [0.25, 0.3) is 5.91 Å². The molecule has 2 aromatic carbocycles. The summed E-state index contributed by atoms with van der Waals surface area (Å²) in [4.78, 5) is 49.7. The SMILES string of the molecule is CC[C@H]1Nc2nc(Nc3ccc(C(=O)NCc4ccc(OCC[C@H](N)C(=O)OC5CCCC5)cc4)cc3OC)nc(C3CCCC3)c2N(C)C1=O. The van der Waals surface area contributed by atoms with Gasteiger partial charge in [-0.2, -0.15) is 4.98 Å². The first-order valence-corrected chi connectivity index (χ1v) is 18.1. The number of fused-ring (bicyclic) bond motifs is 1. The Bertz CT molecular complexity index is 1710. The first-order valence-electron chi connectivity index (χ1n) is 18.1. The number of esters is 1. The van der Waals surface area contributed by atoms with Gasteiger partial charge in [-0.25, -0.2) is 4.98 Å². The standard InChI is InChI=1S/C38H49N7O6/c1-4-29-36(47)45(2)33-32(24-9-5-6-10-24)43-38(44-34(33)41-29)42-30-18-15-25(21-31(30)49-3)35(46)40-22-23-13-16-26(17-14-23)50-20-19-28(39)37(48)51-27-11-7-8-12-27/h13-18,21,24,27-29H,4-12,19-20,22,39H2,1-3H3,(H,40,46)(H2,41,42,43,44)/t28-,29+/m0/s1. The summed E-state index contributed by atoms with van der Waals surface area (Å²) in [7, 11) is 3.35. The van der Waals surface area contributed by atoms with Gasteiger partial charge in [-0.1, -0.05) is 31.9 Å². The van der Waals surface area contributed by atoms with E-state index in [9.17, 15) is 14.4 Å². The Labute approximate surface area is 299 Å². The molecule has 0 unspecified atom stereocenters. The van der Waals surface area contributed by atoms with Crippen LogP contribution in [0.4, 0.5) is 23.1 Å². The fraction of sp³-hybridized carbons (Fsp3) is 0.500. The second-order valence-corrected chi connectivity index (χ2v) is 13.6. The predicted octanol–water partition coefficient (Wildman–Crippen LogP) is 5.57. The molecule has 2 atom stereocenters. The van der Waals surface area contributed by atoms with Gasteiger partial charge >= 0.3 is 5.97 Å². The maximum Gasteiger partial charge on any atom is 0.323 e. The largest absolute Gasteiger partial charge is 0.495 e. The maximum absolute atomic E-state index is 13.1. The van der Waals surface area contributed by atoms with Gasteiger partial charge < -0.3 is 40.8 Å². The first-order chi connectivity index (χ1) is 24.7. The molecule has 5 N–H and O–H groups in total. The molecule has 13 nitrogen and oxygen atoms in total. The molecule has 13 heteroatoms. The van der Waals surface area contributed by atoms with Gasteiger partial charge in [0.1, 0.15) is 35.4 Å². The third kappa shape index (κ3) is 8.53. The van der Waals surface area contributed by atoms with Gasteiger partial charge in [0, 0.05) is 31.5 Å². The molecule has 2 heterocycles. The lowest BCUT2D eigenvalue weighted by Crippen LogP contribution is -2.46. The van der Waals surface area contributed by atoms with Crippen molar-refractivity contribution in [3.05, 3.63) is 59.3 Å². The molecule has 3 aliphatic rings. The van der Waals surface area contributed by atoms with Crippen LogP contribution in [0, 0.1) is 0 Å². The molecule has 272 valence electrons. The number of carbonyl (C=O) groups is 3. The average molecular weight is 700 g/mol. The van der Waals surface area contributed by atoms with Crippen LogP contribution in [0.1, 0.15) is 98.7 Å². The third-order valence-corrected chi connectivity index (χ3v) is 10.0. The van der Waals surface area contributed by atoms with Crippen molar-refractivity contribution in [2.75, 3.05) is 36.3 Å². The number of aromatic nitrogens is 2. The molecule has 6 rings (SSSR count). The van der Waals surface area contributed by atoms with E-state index < -0.39 is 6.04 Å². The highest BCUT2D eigenvalue weighted by molar-refractivity contribution is 6.04. The van der Waals surface area contributed by atoms with E-state index in [1.807, 2.05) is 31.2 Å². The number of likely N-dealkylation sites (N-methyl/N-ethyl adjacent to an activating group) is 1. The molecule has 2 fully saturated rings. The summed E-state index contributed by atoms with van der Waals surface area (Å²) in [5.74, 6) is 1.78. The second-order valence-electron chi connectivity index (χ2n) is 13.6. The first kappa shape index (κ1) is 35.9. The number of rotatable bonds is 14. The summed E-state index contributed by atoms with van der Waals surface area (Å²) in [6.07, 6.45) is 9.29. The van der Waals surface area contributed by atoms with E-state index in [1.165, 1.54) is 0 Å². The number of nitrogens with zero attached hydrogens (tertiary/aromatic N) is 3. The van der Waals surface area contributed by atoms with Gasteiger partial charge in [0.05, 0.1) is 25.1 Å². The van der Waals surface area contributed by atoms with Gasteiger partial charge in [0.15, 0.2) is 5.82 Å². The van der Waals surface area contributed by atoms with Gasteiger partial charge in [-0.15, -0.1) is 0 Å². The van der Waals surface area contributed by atoms with Crippen molar-refractivity contribution in [3.63, 3.8) is 0 Å². The number of nitrogens with one attached hydrogen (secondary N) is 3. The van der Waals surface area contributed by atoms with Crippen LogP contribution in [0.3, 0.4) is 0 Å². The lowest BCUT2D eigenvalue weighted by Gasteiger charge is -2.34. The van der Waals surface area contributed by atoms with Crippen LogP contribution in [0.15, 0.2) is 42.5 Å². The lowest BCUT2D eigenvalue weighted by atomic mass is 9.99. The van der Waals surface area contributed by atoms with Crippen molar-refractivity contribution >= 4 is 40.9 Å². The number of hydrogen-bond donors (Lipinski definition) is 4. The van der Waals surface area contributed by atoms with Crippen LogP contribution in [0.25, 0.3) is 0 Å². The summed E-state index contributed by atoms with van der Waals surface area (Å²) in [6, 6.07) is 11.5. The number of anilines is 4. The highest BCUT2D eigenvalue weighted by Crippen LogP contribution is 2.43. The molecule has 51 heavy (non-hydrogen) atoms. The molecule has 0 radical (unpaired) electrons. The van der Waals surface area contributed by atoms with E-state index >= 15 is 0 Å². The van der Waals surface area contributed by atoms with Gasteiger partial charge in [-0.05, 0) is 80.8 Å². The lowest BCUT2D eigenvalue weighted by molar-refractivity contribution is -0.150. The third-order valence-electron chi connectivity index (χ3n) is 10.0. The number of amides is 2. The molecule has 2 amide bonds. The zero-order valence-corrected chi connectivity index (χ0v) is 29.7. The van der Waals surface area contributed by atoms with Crippen LogP contribution in [-0.2, 0) is 20.9 Å². The molecule has 2 saturated carbocycles. The zero-order chi connectivity index (χ0) is 35.9. The molecule has 1 aliphatic heterocycles. The Kier molecular flexibility index (Phi) is 11.5. The van der Waals surface area contributed by atoms with Crippen LogP contribution >= 0.6 is 0 Å². The van der Waals surface area contributed by atoms with Gasteiger partial charge in [-0.3, -0.25) is 14.4 Å². The van der Waals surface area contributed by atoms with E-state index in [4.69, 9.17) is 29.9 Å². The smallest absolute Gasteiger partial charge is 0.323 e. The van der Waals surface area contributed by atoms with Crippen molar-refractivity contribution in [1.82, 2.24) is 15.3 Å². The van der Waals surface area contributed by atoms with Crippen LogP contribution in [-0.4, -0.2) is 66.7 Å². The van der Waals surface area contributed by atoms with E-state index in [0.717, 1.165) is 68.3 Å². The summed E-state index contributed by atoms with van der Waals surface area (Å²) >= 11 is 0. The Morgan fingerprint density at radius 3 is 2.47 bits per heavy atom. The van der Waals surface area contributed by atoms with Crippen LogP contribution in [0.2, 0.25) is 0 Å². The molecule has 1 aromatic heterocycles. The minimum atomic E-state index is -0.712. The molecule has 0 bridgehead atoms. The normalized spacial score (nSPS) is 18.2. The summed E-state index contributed by atoms with van der Waals surface area (Å²) < 4.78 is 16.9. The van der Waals surface area contributed by atoms with E-state index in [2.05, 4.69) is 16.0 Å². The highest BCUT2D eigenvalue weighted by Gasteiger charge is 2.36. The number of ether oxygens (including phenoxy) is 3. The Morgan fingerprint density at radius 2 is 1.76 bits per heavy atom. The molecule has 0 saturated heterocycles. The maximum atomic E-state index is 13.1. The average Bonchev–Trinajstić information content (AvgIpc) is 3.88.